The van der Waals surface area contributed by atoms with Gasteiger partial charge in [0.2, 0.25) is 5.91 Å². The number of amides is 1. The zero-order valence-electron chi connectivity index (χ0n) is 15.6. The first kappa shape index (κ1) is 18.0. The van der Waals surface area contributed by atoms with Crippen molar-refractivity contribution < 1.29 is 4.79 Å². The number of anilines is 1. The van der Waals surface area contributed by atoms with E-state index in [0.29, 0.717) is 6.54 Å². The number of carbonyl (C=O) groups excluding carboxylic acids is 1. The number of hydrogen-bond donors (Lipinski definition) is 1. The first-order valence-electron chi connectivity index (χ1n) is 9.67. The number of pyridine rings is 1. The molecule has 1 N–H and O–H groups in total. The molecular weight excluding hydrogens is 354 g/mol. The number of benzene rings is 1. The monoisotopic (exact) mass is 379 g/mol. The number of aromatic nitrogens is 1. The molecule has 27 heavy (non-hydrogen) atoms. The summed E-state index contributed by atoms with van der Waals surface area (Å²) in [5.74, 6) is 1.33. The van der Waals surface area contributed by atoms with Crippen LogP contribution in [0.15, 0.2) is 48.0 Å². The van der Waals surface area contributed by atoms with Crippen molar-refractivity contribution in [1.82, 2.24) is 10.3 Å². The number of hydrogen-bond acceptors (Lipinski definition) is 4. The molecule has 1 aliphatic rings. The maximum atomic E-state index is 12.6. The second kappa shape index (κ2) is 8.09. The molecule has 0 spiro atoms. The smallest absolute Gasteiger partial charge is 0.223 e. The maximum Gasteiger partial charge on any atom is 0.223 e. The fourth-order valence-corrected chi connectivity index (χ4v) is 4.49. The predicted octanol–water partition coefficient (Wildman–Crippen LogP) is 4.39. The van der Waals surface area contributed by atoms with Gasteiger partial charge in [-0.2, -0.15) is 0 Å². The molecule has 5 heteroatoms. The average Bonchev–Trinajstić information content (AvgIpc) is 3.21. The third-order valence-corrected chi connectivity index (χ3v) is 6.30. The summed E-state index contributed by atoms with van der Waals surface area (Å²) in [7, 11) is 0. The molecule has 0 saturated carbocycles. The Bertz CT molecular complexity index is 911. The number of aryl methyl sites for hydroxylation is 1. The summed E-state index contributed by atoms with van der Waals surface area (Å²) in [4.78, 5) is 19.5. The van der Waals surface area contributed by atoms with Crippen molar-refractivity contribution in [2.45, 2.75) is 32.7 Å². The maximum absolute atomic E-state index is 12.6. The SMILES string of the molecule is CCc1ccc(CNC(=O)C2CCN(c3nccc4sccc34)CC2)cc1. The topological polar surface area (TPSA) is 45.2 Å². The molecule has 0 atom stereocenters. The van der Waals surface area contributed by atoms with Crippen molar-refractivity contribution >= 4 is 33.1 Å². The highest BCUT2D eigenvalue weighted by Crippen LogP contribution is 2.31. The van der Waals surface area contributed by atoms with Crippen LogP contribution in [0.1, 0.15) is 30.9 Å². The van der Waals surface area contributed by atoms with E-state index in [4.69, 9.17) is 0 Å². The van der Waals surface area contributed by atoms with Crippen molar-refractivity contribution in [3.8, 4) is 0 Å². The van der Waals surface area contributed by atoms with Gasteiger partial charge in [0.05, 0.1) is 0 Å². The molecule has 1 fully saturated rings. The first-order valence-corrected chi connectivity index (χ1v) is 10.5. The van der Waals surface area contributed by atoms with Gasteiger partial charge >= 0.3 is 0 Å². The fourth-order valence-electron chi connectivity index (χ4n) is 3.71. The Balaban J connectivity index is 1.32. The quantitative estimate of drug-likeness (QED) is 0.715. The Labute approximate surface area is 164 Å². The molecule has 1 saturated heterocycles. The minimum atomic E-state index is 0.0952. The third-order valence-electron chi connectivity index (χ3n) is 5.42. The lowest BCUT2D eigenvalue weighted by Crippen LogP contribution is -2.40. The molecule has 2 aromatic heterocycles. The van der Waals surface area contributed by atoms with Gasteiger partial charge in [0.1, 0.15) is 5.82 Å². The van der Waals surface area contributed by atoms with Gasteiger partial charge in [0.15, 0.2) is 0 Å². The molecule has 1 aliphatic heterocycles. The average molecular weight is 380 g/mol. The second-order valence-corrected chi connectivity index (χ2v) is 8.06. The summed E-state index contributed by atoms with van der Waals surface area (Å²) < 4.78 is 1.27. The van der Waals surface area contributed by atoms with Crippen LogP contribution in [0.5, 0.6) is 0 Å². The number of thiophene rings is 1. The van der Waals surface area contributed by atoms with E-state index in [2.05, 4.69) is 63.9 Å². The molecular formula is C22H25N3OS. The third kappa shape index (κ3) is 3.98. The lowest BCUT2D eigenvalue weighted by molar-refractivity contribution is -0.125. The minimum absolute atomic E-state index is 0.0952. The first-order chi connectivity index (χ1) is 13.2. The van der Waals surface area contributed by atoms with E-state index >= 15 is 0 Å². The molecule has 1 aromatic carbocycles. The highest BCUT2D eigenvalue weighted by atomic mass is 32.1. The standard InChI is InChI=1S/C22H25N3OS/c1-2-16-3-5-17(6-4-16)15-24-22(26)18-8-12-25(13-9-18)21-19-10-14-27-20(19)7-11-23-21/h3-7,10-11,14,18H,2,8-9,12-13,15H2,1H3,(H,24,26). The van der Waals surface area contributed by atoms with Gasteiger partial charge in [-0.25, -0.2) is 4.98 Å². The van der Waals surface area contributed by atoms with Gasteiger partial charge in [0.25, 0.3) is 0 Å². The summed E-state index contributed by atoms with van der Waals surface area (Å²) in [6.07, 6.45) is 4.68. The fraction of sp³-hybridized carbons (Fsp3) is 0.364. The van der Waals surface area contributed by atoms with E-state index in [0.717, 1.165) is 43.7 Å². The molecule has 4 rings (SSSR count). The number of carbonyl (C=O) groups is 1. The number of piperidine rings is 1. The van der Waals surface area contributed by atoms with Gasteiger partial charge in [0, 0.05) is 41.8 Å². The molecule has 0 radical (unpaired) electrons. The molecule has 0 aliphatic carbocycles. The van der Waals surface area contributed by atoms with Crippen molar-refractivity contribution in [1.29, 1.82) is 0 Å². The predicted molar refractivity (Wildman–Crippen MR) is 112 cm³/mol. The van der Waals surface area contributed by atoms with E-state index < -0.39 is 0 Å². The van der Waals surface area contributed by atoms with Gasteiger partial charge in [-0.1, -0.05) is 31.2 Å². The summed E-state index contributed by atoms with van der Waals surface area (Å²) in [5.41, 5.74) is 2.48. The molecule has 0 unspecified atom stereocenters. The van der Waals surface area contributed by atoms with Gasteiger partial charge in [-0.05, 0) is 47.9 Å². The lowest BCUT2D eigenvalue weighted by atomic mass is 9.95. The molecule has 4 nitrogen and oxygen atoms in total. The highest BCUT2D eigenvalue weighted by molar-refractivity contribution is 7.17. The number of nitrogens with zero attached hydrogens (tertiary/aromatic N) is 2. The summed E-state index contributed by atoms with van der Waals surface area (Å²) in [6.45, 7) is 4.52. The van der Waals surface area contributed by atoms with Crippen molar-refractivity contribution in [2.24, 2.45) is 5.92 Å². The Morgan fingerprint density at radius 2 is 1.89 bits per heavy atom. The number of fused-ring (bicyclic) bond motifs is 1. The van der Waals surface area contributed by atoms with E-state index in [-0.39, 0.29) is 11.8 Å². The van der Waals surface area contributed by atoms with Crippen LogP contribution in [0.2, 0.25) is 0 Å². The molecule has 140 valence electrons. The van der Waals surface area contributed by atoms with E-state index in [1.54, 1.807) is 11.3 Å². The van der Waals surface area contributed by atoms with Crippen molar-refractivity contribution in [3.05, 3.63) is 59.1 Å². The molecule has 1 amide bonds. The van der Waals surface area contributed by atoms with E-state index in [1.807, 2.05) is 6.20 Å². The normalized spacial score (nSPS) is 15.2. The van der Waals surface area contributed by atoms with Crippen LogP contribution >= 0.6 is 11.3 Å². The van der Waals surface area contributed by atoms with Crippen LogP contribution in [0.25, 0.3) is 10.1 Å². The molecule has 0 bridgehead atoms. The van der Waals surface area contributed by atoms with E-state index in [9.17, 15) is 4.79 Å². The number of rotatable bonds is 5. The second-order valence-electron chi connectivity index (χ2n) is 7.12. The van der Waals surface area contributed by atoms with Gasteiger partial charge in [-0.15, -0.1) is 11.3 Å². The lowest BCUT2D eigenvalue weighted by Gasteiger charge is -2.32. The highest BCUT2D eigenvalue weighted by Gasteiger charge is 2.26. The number of nitrogens with one attached hydrogen (secondary N) is 1. The summed E-state index contributed by atoms with van der Waals surface area (Å²) >= 11 is 1.75. The van der Waals surface area contributed by atoms with Crippen LogP contribution in [-0.4, -0.2) is 24.0 Å². The summed E-state index contributed by atoms with van der Waals surface area (Å²) in [5, 5.41) is 6.45. The Kier molecular flexibility index (Phi) is 5.39. The Morgan fingerprint density at radius 3 is 2.63 bits per heavy atom. The summed E-state index contributed by atoms with van der Waals surface area (Å²) in [6, 6.07) is 12.7. The van der Waals surface area contributed by atoms with Crippen LogP contribution in [0.4, 0.5) is 5.82 Å². The Morgan fingerprint density at radius 1 is 1.15 bits per heavy atom. The van der Waals surface area contributed by atoms with Crippen LogP contribution in [0.3, 0.4) is 0 Å². The van der Waals surface area contributed by atoms with E-state index in [1.165, 1.54) is 15.6 Å². The Hall–Kier alpha value is -2.40. The molecule has 3 aromatic rings. The van der Waals surface area contributed by atoms with Crippen LogP contribution < -0.4 is 10.2 Å². The minimum Gasteiger partial charge on any atom is -0.356 e. The zero-order chi connectivity index (χ0) is 18.6. The zero-order valence-corrected chi connectivity index (χ0v) is 16.5. The van der Waals surface area contributed by atoms with Gasteiger partial charge < -0.3 is 10.2 Å². The van der Waals surface area contributed by atoms with Gasteiger partial charge in [-0.3, -0.25) is 4.79 Å². The molecule has 3 heterocycles. The van der Waals surface area contributed by atoms with Crippen LogP contribution in [-0.2, 0) is 17.8 Å². The van der Waals surface area contributed by atoms with Crippen molar-refractivity contribution in [2.75, 3.05) is 18.0 Å². The van der Waals surface area contributed by atoms with Crippen molar-refractivity contribution in [3.63, 3.8) is 0 Å². The van der Waals surface area contributed by atoms with Crippen LogP contribution in [0, 0.1) is 5.92 Å². The largest absolute Gasteiger partial charge is 0.356 e.